The van der Waals surface area contributed by atoms with Crippen molar-refractivity contribution >= 4 is 17.8 Å². The fraction of sp³-hybridized carbons (Fsp3) is 0.500. The van der Waals surface area contributed by atoms with Crippen LogP contribution in [0.2, 0.25) is 0 Å². The molecule has 2 N–H and O–H groups in total. The molecule has 8 nitrogen and oxygen atoms in total. The average Bonchev–Trinajstić information content (AvgIpc) is 2.55. The van der Waals surface area contributed by atoms with Gasteiger partial charge in [-0.25, -0.2) is 4.79 Å². The van der Waals surface area contributed by atoms with Crippen molar-refractivity contribution in [3.63, 3.8) is 0 Å². The topological polar surface area (TPSA) is 85.0 Å². The summed E-state index contributed by atoms with van der Waals surface area (Å²) in [5.74, 6) is -1.32. The predicted molar refractivity (Wildman–Crippen MR) is 96.9 cm³/mol. The monoisotopic (exact) mass is 359 g/mol. The van der Waals surface area contributed by atoms with Crippen LogP contribution < -0.4 is 10.6 Å². The molecule has 0 aromatic heterocycles. The lowest BCUT2D eigenvalue weighted by atomic mass is 10.00. The Morgan fingerprint density at radius 3 is 1.96 bits per heavy atom. The first-order valence-electron chi connectivity index (χ1n) is 8.81. The van der Waals surface area contributed by atoms with Crippen molar-refractivity contribution in [2.45, 2.75) is 13.8 Å². The first kappa shape index (κ1) is 18.3. The average molecular weight is 359 g/mol. The normalized spacial score (nSPS) is 22.9. The Kier molecular flexibility index (Phi) is 5.24. The Bertz CT molecular complexity index is 685. The molecule has 140 valence electrons. The molecule has 3 aliphatic heterocycles. The maximum absolute atomic E-state index is 12.0. The van der Waals surface area contributed by atoms with Gasteiger partial charge >= 0.3 is 6.03 Å². The molecular formula is C18H25N5O3. The highest BCUT2D eigenvalue weighted by Crippen LogP contribution is 2.25. The van der Waals surface area contributed by atoms with Gasteiger partial charge in [-0.3, -0.25) is 25.1 Å². The van der Waals surface area contributed by atoms with Crippen LogP contribution in [0.3, 0.4) is 0 Å². The molecule has 26 heavy (non-hydrogen) atoms. The second-order valence-corrected chi connectivity index (χ2v) is 6.94. The van der Waals surface area contributed by atoms with Gasteiger partial charge in [0.25, 0.3) is 11.8 Å². The van der Waals surface area contributed by atoms with Crippen LogP contribution in [-0.2, 0) is 9.59 Å². The number of hydrogen-bond acceptors (Lipinski definition) is 6. The lowest BCUT2D eigenvalue weighted by Gasteiger charge is -2.36. The van der Waals surface area contributed by atoms with E-state index in [0.29, 0.717) is 5.57 Å². The number of likely N-dealkylation sites (N-methyl/N-ethyl adjacent to an activating group) is 1. The second kappa shape index (κ2) is 7.43. The number of nitrogens with one attached hydrogen (secondary N) is 2. The summed E-state index contributed by atoms with van der Waals surface area (Å²) in [5.41, 5.74) is 2.44. The Labute approximate surface area is 153 Å². The summed E-state index contributed by atoms with van der Waals surface area (Å²) < 4.78 is 0. The molecule has 0 atom stereocenters. The number of barbiturate groups is 1. The van der Waals surface area contributed by atoms with E-state index < -0.39 is 17.8 Å². The van der Waals surface area contributed by atoms with Gasteiger partial charge in [0, 0.05) is 50.7 Å². The lowest BCUT2D eigenvalue weighted by Crippen LogP contribution is -2.52. The van der Waals surface area contributed by atoms with E-state index in [0.717, 1.165) is 50.7 Å². The minimum Gasteiger partial charge on any atom is -0.348 e. The van der Waals surface area contributed by atoms with Crippen LogP contribution in [0.25, 0.3) is 0 Å². The Morgan fingerprint density at radius 1 is 0.885 bits per heavy atom. The van der Waals surface area contributed by atoms with Crippen LogP contribution in [0.15, 0.2) is 34.7 Å². The molecular weight excluding hydrogens is 334 g/mol. The van der Waals surface area contributed by atoms with E-state index in [9.17, 15) is 14.4 Å². The molecule has 3 heterocycles. The van der Waals surface area contributed by atoms with E-state index in [-0.39, 0.29) is 5.57 Å². The second-order valence-electron chi connectivity index (χ2n) is 6.94. The first-order valence-corrected chi connectivity index (χ1v) is 8.81. The summed E-state index contributed by atoms with van der Waals surface area (Å²) in [6.07, 6.45) is 3.64. The molecule has 2 saturated heterocycles. The van der Waals surface area contributed by atoms with Gasteiger partial charge in [0.05, 0.1) is 0 Å². The molecule has 0 unspecified atom stereocenters. The SMILES string of the molecule is CC1=CC(=C2C(=O)NC(=O)NC2=O)C=C(C)N1CCN1CCN(C)CC1. The highest BCUT2D eigenvalue weighted by Gasteiger charge is 2.31. The van der Waals surface area contributed by atoms with E-state index >= 15 is 0 Å². The molecule has 0 saturated carbocycles. The van der Waals surface area contributed by atoms with Gasteiger partial charge in [0.15, 0.2) is 0 Å². The highest BCUT2D eigenvalue weighted by molar-refractivity contribution is 6.29. The number of allylic oxidation sites excluding steroid dienone is 5. The lowest BCUT2D eigenvalue weighted by molar-refractivity contribution is -0.124. The summed E-state index contributed by atoms with van der Waals surface area (Å²) in [4.78, 5) is 42.2. The van der Waals surface area contributed by atoms with Crippen LogP contribution in [-0.4, -0.2) is 78.9 Å². The Balaban J connectivity index is 1.71. The molecule has 3 aliphatic rings. The molecule has 4 amide bonds. The van der Waals surface area contributed by atoms with Crippen LogP contribution in [0, 0.1) is 0 Å². The maximum Gasteiger partial charge on any atom is 0.328 e. The van der Waals surface area contributed by atoms with Crippen molar-refractivity contribution < 1.29 is 14.4 Å². The van der Waals surface area contributed by atoms with E-state index in [1.54, 1.807) is 0 Å². The quantitative estimate of drug-likeness (QED) is 0.546. The summed E-state index contributed by atoms with van der Waals surface area (Å²) in [6, 6.07) is -0.782. The van der Waals surface area contributed by atoms with Crippen molar-refractivity contribution in [3.8, 4) is 0 Å². The molecule has 0 aliphatic carbocycles. The molecule has 0 bridgehead atoms. The van der Waals surface area contributed by atoms with Crippen LogP contribution in [0.5, 0.6) is 0 Å². The molecule has 2 fully saturated rings. The maximum atomic E-state index is 12.0. The number of amides is 4. The minimum absolute atomic E-state index is 0.0259. The van der Waals surface area contributed by atoms with Crippen LogP contribution in [0.4, 0.5) is 4.79 Å². The number of carbonyl (C=O) groups excluding carboxylic acids is 3. The zero-order chi connectivity index (χ0) is 18.8. The number of nitrogens with zero attached hydrogens (tertiary/aromatic N) is 3. The van der Waals surface area contributed by atoms with Gasteiger partial charge in [-0.15, -0.1) is 0 Å². The largest absolute Gasteiger partial charge is 0.348 e. The van der Waals surface area contributed by atoms with E-state index in [1.165, 1.54) is 0 Å². The molecule has 0 spiro atoms. The molecule has 0 radical (unpaired) electrons. The predicted octanol–water partition coefficient (Wildman–Crippen LogP) is 0.0196. The summed E-state index contributed by atoms with van der Waals surface area (Å²) in [6.45, 7) is 10.1. The number of urea groups is 1. The van der Waals surface area contributed by atoms with Gasteiger partial charge in [-0.1, -0.05) is 0 Å². The summed E-state index contributed by atoms with van der Waals surface area (Å²) in [7, 11) is 2.14. The number of imide groups is 2. The number of piperazine rings is 1. The number of carbonyl (C=O) groups is 3. The zero-order valence-corrected chi connectivity index (χ0v) is 15.5. The van der Waals surface area contributed by atoms with Crippen molar-refractivity contribution in [1.82, 2.24) is 25.3 Å². The zero-order valence-electron chi connectivity index (χ0n) is 15.5. The van der Waals surface area contributed by atoms with E-state index in [2.05, 4.69) is 32.4 Å². The molecule has 0 aromatic rings. The number of hydrogen-bond donors (Lipinski definition) is 2. The summed E-state index contributed by atoms with van der Waals surface area (Å²) in [5, 5.41) is 4.24. The third-order valence-corrected chi connectivity index (χ3v) is 5.01. The van der Waals surface area contributed by atoms with Crippen molar-refractivity contribution in [3.05, 3.63) is 34.7 Å². The first-order chi connectivity index (χ1) is 12.3. The molecule has 0 aromatic carbocycles. The number of rotatable bonds is 3. The van der Waals surface area contributed by atoms with Crippen molar-refractivity contribution in [2.24, 2.45) is 0 Å². The molecule has 3 rings (SSSR count). The fourth-order valence-corrected chi connectivity index (χ4v) is 3.46. The van der Waals surface area contributed by atoms with Gasteiger partial charge < -0.3 is 9.80 Å². The van der Waals surface area contributed by atoms with Crippen LogP contribution >= 0.6 is 0 Å². The van der Waals surface area contributed by atoms with E-state index in [1.807, 2.05) is 26.0 Å². The van der Waals surface area contributed by atoms with Crippen LogP contribution in [0.1, 0.15) is 13.8 Å². The third kappa shape index (κ3) is 3.86. The Hall–Kier alpha value is -2.45. The van der Waals surface area contributed by atoms with Gasteiger partial charge in [-0.2, -0.15) is 0 Å². The van der Waals surface area contributed by atoms with Crippen molar-refractivity contribution in [2.75, 3.05) is 46.3 Å². The van der Waals surface area contributed by atoms with E-state index in [4.69, 9.17) is 0 Å². The van der Waals surface area contributed by atoms with Gasteiger partial charge in [0.2, 0.25) is 0 Å². The Morgan fingerprint density at radius 2 is 1.42 bits per heavy atom. The van der Waals surface area contributed by atoms with Gasteiger partial charge in [0.1, 0.15) is 5.57 Å². The van der Waals surface area contributed by atoms with Crippen molar-refractivity contribution in [1.29, 1.82) is 0 Å². The fourth-order valence-electron chi connectivity index (χ4n) is 3.46. The highest BCUT2D eigenvalue weighted by atomic mass is 16.2. The minimum atomic E-state index is -0.782. The molecule has 8 heteroatoms. The smallest absolute Gasteiger partial charge is 0.328 e. The standard InChI is InChI=1S/C18H25N5O3/c1-12-10-14(15-16(24)19-18(26)20-17(15)25)11-13(2)23(12)9-8-22-6-4-21(3)5-7-22/h10-11H,4-9H2,1-3H3,(H2,19,20,24,25,26). The third-order valence-electron chi connectivity index (χ3n) is 5.01. The van der Waals surface area contributed by atoms with Gasteiger partial charge in [-0.05, 0) is 38.6 Å². The summed E-state index contributed by atoms with van der Waals surface area (Å²) >= 11 is 0.